The Morgan fingerprint density at radius 1 is 1.03 bits per heavy atom. The van der Waals surface area contributed by atoms with Gasteiger partial charge >= 0.3 is 17.1 Å². The predicted molar refractivity (Wildman–Crippen MR) is 114 cm³/mol. The second kappa shape index (κ2) is 19.1. The molecule has 0 unspecified atom stereocenters. The van der Waals surface area contributed by atoms with Crippen molar-refractivity contribution in [2.24, 2.45) is 0 Å². The van der Waals surface area contributed by atoms with Crippen LogP contribution < -0.4 is 5.11 Å². The van der Waals surface area contributed by atoms with E-state index in [-0.39, 0.29) is 35.7 Å². The second-order valence-electron chi connectivity index (χ2n) is 7.24. The zero-order valence-electron chi connectivity index (χ0n) is 18.1. The number of aliphatic hydroxyl groups is 3. The summed E-state index contributed by atoms with van der Waals surface area (Å²) >= 11 is 0. The van der Waals surface area contributed by atoms with E-state index in [0.717, 1.165) is 26.1 Å². The molecule has 0 heterocycles. The van der Waals surface area contributed by atoms with Crippen molar-refractivity contribution in [2.45, 2.75) is 45.1 Å². The Bertz CT molecular complexity index is 499. The minimum Gasteiger partial charge on any atom is -0.853 e. The van der Waals surface area contributed by atoms with Crippen LogP contribution in [0.25, 0.3) is 5.32 Å². The summed E-state index contributed by atoms with van der Waals surface area (Å²) in [6.07, 6.45) is -0.708. The third-order valence-electron chi connectivity index (χ3n) is 4.71. The Morgan fingerprint density at radius 2 is 1.70 bits per heavy atom. The summed E-state index contributed by atoms with van der Waals surface area (Å²) in [4.78, 5) is 4.31. The molecule has 5 N–H and O–H groups in total. The number of rotatable bonds is 16. The van der Waals surface area contributed by atoms with Crippen LogP contribution in [0.5, 0.6) is 0 Å². The molecule has 0 bridgehead atoms. The molecule has 9 heteroatoms. The minimum absolute atomic E-state index is 0. The Morgan fingerprint density at radius 3 is 2.23 bits per heavy atom. The van der Waals surface area contributed by atoms with Crippen molar-refractivity contribution < 1.29 is 43.0 Å². The molecule has 0 aromatic heterocycles. The van der Waals surface area contributed by atoms with Crippen molar-refractivity contribution in [1.29, 1.82) is 0 Å². The van der Waals surface area contributed by atoms with E-state index in [1.807, 2.05) is 23.1 Å². The van der Waals surface area contributed by atoms with E-state index >= 15 is 0 Å². The van der Waals surface area contributed by atoms with Gasteiger partial charge < -0.3 is 31.2 Å². The van der Waals surface area contributed by atoms with Crippen molar-refractivity contribution >= 4 is 0 Å². The maximum atomic E-state index is 11.1. The van der Waals surface area contributed by atoms with Crippen LogP contribution in [0, 0.1) is 0 Å². The Hall–Kier alpha value is -0.581. The van der Waals surface area contributed by atoms with Crippen LogP contribution in [0.4, 0.5) is 0 Å². The van der Waals surface area contributed by atoms with Gasteiger partial charge in [0, 0.05) is 19.6 Å². The molecule has 0 radical (unpaired) electrons. The normalized spacial score (nSPS) is 14.1. The van der Waals surface area contributed by atoms with E-state index < -0.39 is 24.9 Å². The minimum atomic E-state index is -1.02. The van der Waals surface area contributed by atoms with Crippen LogP contribution in [0.15, 0.2) is 30.3 Å². The molecule has 1 aromatic carbocycles. The molecule has 8 nitrogen and oxygen atoms in total. The standard InChI is InChI=1S/C21H37N3O4.Fe.H2O/c1-3-10-23(15-19-7-5-4-6-8-19)12-13-24(11-9-22-14-18(2)27)20(16-25)21(28)17-26;;/h4-8,18,20-21,25-26,28H,3,9-17H2,1-2H3;;1H2/q-2;+6;/t18-,20+,21-;;/m1../s1. The smallest absolute Gasteiger partial charge is 0.853 e. The zero-order valence-corrected chi connectivity index (χ0v) is 19.2. The largest absolute Gasteiger partial charge is 6.00 e. The van der Waals surface area contributed by atoms with Gasteiger partial charge in [-0.2, -0.15) is 6.54 Å². The first-order valence-electron chi connectivity index (χ1n) is 10.2. The van der Waals surface area contributed by atoms with Crippen molar-refractivity contribution in [1.82, 2.24) is 9.80 Å². The summed E-state index contributed by atoms with van der Waals surface area (Å²) in [6.45, 7) is 7.53. The first kappa shape index (κ1) is 31.6. The van der Waals surface area contributed by atoms with E-state index in [1.165, 1.54) is 5.56 Å². The third-order valence-corrected chi connectivity index (χ3v) is 4.71. The number of hydrogen-bond donors (Lipinski definition) is 3. The number of nitrogens with zero attached hydrogens (tertiary/aromatic N) is 3. The summed E-state index contributed by atoms with van der Waals surface area (Å²) in [7, 11) is 0. The van der Waals surface area contributed by atoms with Crippen molar-refractivity contribution in [3.8, 4) is 0 Å². The van der Waals surface area contributed by atoms with E-state index in [2.05, 4.69) is 29.3 Å². The fourth-order valence-corrected chi connectivity index (χ4v) is 3.22. The molecule has 172 valence electrons. The molecule has 0 spiro atoms. The van der Waals surface area contributed by atoms with Crippen LogP contribution in [0.1, 0.15) is 25.8 Å². The van der Waals surface area contributed by atoms with Gasteiger partial charge in [-0.15, -0.1) is 12.6 Å². The molecule has 0 fully saturated rings. The van der Waals surface area contributed by atoms with Gasteiger partial charge in [-0.05, 0) is 25.1 Å². The molecule has 30 heavy (non-hydrogen) atoms. The Kier molecular flexibility index (Phi) is 20.2. The van der Waals surface area contributed by atoms with E-state index in [9.17, 15) is 20.4 Å². The summed E-state index contributed by atoms with van der Waals surface area (Å²) in [5.41, 5.74) is 1.25. The first-order chi connectivity index (χ1) is 13.5. The van der Waals surface area contributed by atoms with Crippen LogP contribution in [0.3, 0.4) is 0 Å². The Labute approximate surface area is 191 Å². The topological polar surface area (TPSA) is 136 Å². The zero-order chi connectivity index (χ0) is 20.8. The van der Waals surface area contributed by atoms with Crippen LogP contribution >= 0.6 is 0 Å². The van der Waals surface area contributed by atoms with Crippen molar-refractivity contribution in [3.63, 3.8) is 0 Å². The van der Waals surface area contributed by atoms with Gasteiger partial charge in [-0.1, -0.05) is 44.2 Å². The molecule has 0 saturated carbocycles. The van der Waals surface area contributed by atoms with Gasteiger partial charge in [-0.25, -0.2) is 0 Å². The van der Waals surface area contributed by atoms with Gasteiger partial charge in [0.2, 0.25) is 0 Å². The van der Waals surface area contributed by atoms with Crippen LogP contribution in [-0.2, 0) is 23.6 Å². The quantitative estimate of drug-likeness (QED) is 0.215. The van der Waals surface area contributed by atoms with Gasteiger partial charge in [0.15, 0.2) is 0 Å². The van der Waals surface area contributed by atoms with E-state index in [4.69, 9.17) is 0 Å². The average molecular weight is 469 g/mol. The molecule has 0 aliphatic carbocycles. The SMILES string of the molecule is CCCN(CCN(CC[N-]C[C@@H](C)[O-])[C@@H](CO)[C@H](O)CO)Cc1ccccc1.O.[Fe+6]. The van der Waals surface area contributed by atoms with Gasteiger partial charge in [-0.3, -0.25) is 9.80 Å². The van der Waals surface area contributed by atoms with Gasteiger partial charge in [0.1, 0.15) is 0 Å². The summed E-state index contributed by atoms with van der Waals surface area (Å²) in [5.74, 6) is 0. The third kappa shape index (κ3) is 13.0. The van der Waals surface area contributed by atoms with E-state index in [1.54, 1.807) is 6.92 Å². The molecule has 3 atom stereocenters. The number of aliphatic hydroxyl groups excluding tert-OH is 3. The summed E-state index contributed by atoms with van der Waals surface area (Å²) < 4.78 is 0. The molecule has 0 aliphatic heterocycles. The summed E-state index contributed by atoms with van der Waals surface area (Å²) in [6, 6.07) is 9.73. The molecule has 0 aliphatic rings. The molecular formula is C21H39FeN3O5+4. The fourth-order valence-electron chi connectivity index (χ4n) is 3.22. The van der Waals surface area contributed by atoms with Crippen molar-refractivity contribution in [3.05, 3.63) is 41.2 Å². The number of hydrogen-bond acceptors (Lipinski definition) is 6. The molecule has 0 amide bonds. The monoisotopic (exact) mass is 469 g/mol. The maximum Gasteiger partial charge on any atom is 6.00 e. The Balaban J connectivity index is 0. The molecule has 1 rings (SSSR count). The van der Waals surface area contributed by atoms with E-state index in [0.29, 0.717) is 19.6 Å². The average Bonchev–Trinajstić information content (AvgIpc) is 2.69. The van der Waals surface area contributed by atoms with Crippen LogP contribution in [-0.4, -0.2) is 101 Å². The molecule has 0 saturated heterocycles. The van der Waals surface area contributed by atoms with Gasteiger partial charge in [0.05, 0.1) is 25.4 Å². The predicted octanol–water partition coefficient (Wildman–Crippen LogP) is -0.790. The fraction of sp³-hybridized carbons (Fsp3) is 0.714. The maximum absolute atomic E-state index is 11.1. The summed E-state index contributed by atoms with van der Waals surface area (Å²) in [5, 5.41) is 44.6. The number of benzene rings is 1. The second-order valence-corrected chi connectivity index (χ2v) is 7.24. The van der Waals surface area contributed by atoms with Crippen molar-refractivity contribution in [2.75, 3.05) is 52.5 Å². The first-order valence-corrected chi connectivity index (χ1v) is 10.2. The molecular weight excluding hydrogens is 430 g/mol. The molecule has 1 aromatic rings. The van der Waals surface area contributed by atoms with Crippen LogP contribution in [0.2, 0.25) is 0 Å². The van der Waals surface area contributed by atoms with Gasteiger partial charge in [0.25, 0.3) is 0 Å².